The highest BCUT2D eigenvalue weighted by Gasteiger charge is 2.10. The monoisotopic (exact) mass is 328 g/mol. The summed E-state index contributed by atoms with van der Waals surface area (Å²) >= 11 is 0. The average molecular weight is 329 g/mol. The molecule has 2 nitrogen and oxygen atoms in total. The van der Waals surface area contributed by atoms with Crippen molar-refractivity contribution in [1.29, 1.82) is 0 Å². The van der Waals surface area contributed by atoms with Gasteiger partial charge in [-0.1, -0.05) is 104 Å². The molecular weight excluding hydrogens is 284 g/mol. The lowest BCUT2D eigenvalue weighted by Crippen LogP contribution is -2.17. The SMILES string of the molecule is CCCCCCCCCCCCCCCC(O)CC(O)CCC. The van der Waals surface area contributed by atoms with E-state index in [1.54, 1.807) is 0 Å². The number of aliphatic hydroxyl groups is 2. The number of aliphatic hydroxyl groups excluding tert-OH is 2. The molecule has 23 heavy (non-hydrogen) atoms. The summed E-state index contributed by atoms with van der Waals surface area (Å²) in [5.74, 6) is 0. The molecule has 0 aliphatic heterocycles. The molecule has 0 bridgehead atoms. The molecule has 0 saturated heterocycles. The van der Waals surface area contributed by atoms with E-state index in [1.165, 1.54) is 77.0 Å². The van der Waals surface area contributed by atoms with Crippen molar-refractivity contribution in [1.82, 2.24) is 0 Å². The maximum atomic E-state index is 9.86. The lowest BCUT2D eigenvalue weighted by molar-refractivity contribution is 0.0692. The van der Waals surface area contributed by atoms with Gasteiger partial charge in [0, 0.05) is 0 Å². The van der Waals surface area contributed by atoms with Gasteiger partial charge in [-0.25, -0.2) is 0 Å². The quantitative estimate of drug-likeness (QED) is 0.287. The predicted molar refractivity (Wildman–Crippen MR) is 102 cm³/mol. The Labute approximate surface area is 146 Å². The molecule has 0 radical (unpaired) electrons. The fourth-order valence-electron chi connectivity index (χ4n) is 3.28. The Morgan fingerprint density at radius 3 is 1.30 bits per heavy atom. The van der Waals surface area contributed by atoms with E-state index in [2.05, 4.69) is 13.8 Å². The van der Waals surface area contributed by atoms with Crippen molar-refractivity contribution in [3.05, 3.63) is 0 Å². The fourth-order valence-corrected chi connectivity index (χ4v) is 3.28. The molecule has 0 amide bonds. The second-order valence-corrected chi connectivity index (χ2v) is 7.36. The third kappa shape index (κ3) is 18.1. The van der Waals surface area contributed by atoms with Crippen LogP contribution in [0.25, 0.3) is 0 Å². The van der Waals surface area contributed by atoms with Gasteiger partial charge in [-0.3, -0.25) is 0 Å². The van der Waals surface area contributed by atoms with Gasteiger partial charge in [0.15, 0.2) is 0 Å². The molecular formula is C21H44O2. The smallest absolute Gasteiger partial charge is 0.0564 e. The standard InChI is InChI=1S/C21H44O2/c1-3-5-6-7-8-9-10-11-12-13-14-15-16-18-21(23)19-20(22)17-4-2/h20-23H,3-19H2,1-2H3. The van der Waals surface area contributed by atoms with Gasteiger partial charge in [-0.2, -0.15) is 0 Å². The van der Waals surface area contributed by atoms with Crippen molar-refractivity contribution in [2.45, 2.75) is 135 Å². The van der Waals surface area contributed by atoms with Crippen molar-refractivity contribution >= 4 is 0 Å². The number of unbranched alkanes of at least 4 members (excludes halogenated alkanes) is 12. The van der Waals surface area contributed by atoms with E-state index in [4.69, 9.17) is 0 Å². The van der Waals surface area contributed by atoms with E-state index >= 15 is 0 Å². The predicted octanol–water partition coefficient (Wildman–Crippen LogP) is 6.38. The Hall–Kier alpha value is -0.0800. The highest BCUT2D eigenvalue weighted by molar-refractivity contribution is 4.63. The van der Waals surface area contributed by atoms with Crippen molar-refractivity contribution < 1.29 is 10.2 Å². The third-order valence-corrected chi connectivity index (χ3v) is 4.81. The molecule has 2 heteroatoms. The summed E-state index contributed by atoms with van der Waals surface area (Å²) < 4.78 is 0. The van der Waals surface area contributed by atoms with Gasteiger partial charge in [-0.05, 0) is 19.3 Å². The van der Waals surface area contributed by atoms with Crippen LogP contribution >= 0.6 is 0 Å². The highest BCUT2D eigenvalue weighted by Crippen LogP contribution is 2.15. The molecule has 0 spiro atoms. The molecule has 0 aromatic carbocycles. The molecule has 0 rings (SSSR count). The minimum atomic E-state index is -0.308. The summed E-state index contributed by atoms with van der Waals surface area (Å²) in [4.78, 5) is 0. The largest absolute Gasteiger partial charge is 0.393 e. The van der Waals surface area contributed by atoms with Crippen LogP contribution in [0, 0.1) is 0 Å². The zero-order valence-corrected chi connectivity index (χ0v) is 16.1. The second-order valence-electron chi connectivity index (χ2n) is 7.36. The first-order chi connectivity index (χ1) is 11.2. The van der Waals surface area contributed by atoms with Crippen LogP contribution in [0.4, 0.5) is 0 Å². The van der Waals surface area contributed by atoms with Crippen molar-refractivity contribution in [2.75, 3.05) is 0 Å². The van der Waals surface area contributed by atoms with Crippen LogP contribution in [0.3, 0.4) is 0 Å². The van der Waals surface area contributed by atoms with Gasteiger partial charge in [0.1, 0.15) is 0 Å². The Kier molecular flexibility index (Phi) is 18.2. The molecule has 0 saturated carbocycles. The normalized spacial score (nSPS) is 14.1. The minimum Gasteiger partial charge on any atom is -0.393 e. The van der Waals surface area contributed by atoms with E-state index in [0.29, 0.717) is 6.42 Å². The van der Waals surface area contributed by atoms with Crippen molar-refractivity contribution in [3.63, 3.8) is 0 Å². The summed E-state index contributed by atoms with van der Waals surface area (Å²) in [5, 5.41) is 19.5. The van der Waals surface area contributed by atoms with Crippen molar-refractivity contribution in [3.8, 4) is 0 Å². The van der Waals surface area contributed by atoms with Crippen molar-refractivity contribution in [2.24, 2.45) is 0 Å². The van der Waals surface area contributed by atoms with Gasteiger partial charge >= 0.3 is 0 Å². The van der Waals surface area contributed by atoms with E-state index < -0.39 is 0 Å². The van der Waals surface area contributed by atoms with E-state index in [0.717, 1.165) is 25.7 Å². The maximum Gasteiger partial charge on any atom is 0.0564 e. The van der Waals surface area contributed by atoms with Crippen LogP contribution in [-0.2, 0) is 0 Å². The average Bonchev–Trinajstić information content (AvgIpc) is 2.52. The molecule has 0 fully saturated rings. The van der Waals surface area contributed by atoms with Gasteiger partial charge < -0.3 is 10.2 Å². The fraction of sp³-hybridized carbons (Fsp3) is 1.00. The summed E-state index contributed by atoms with van der Waals surface area (Å²) in [6, 6.07) is 0. The van der Waals surface area contributed by atoms with Crippen LogP contribution in [0.2, 0.25) is 0 Å². The van der Waals surface area contributed by atoms with Gasteiger partial charge in [0.25, 0.3) is 0 Å². The first kappa shape index (κ1) is 22.9. The number of hydrogen-bond donors (Lipinski definition) is 2. The molecule has 0 aliphatic carbocycles. The highest BCUT2D eigenvalue weighted by atomic mass is 16.3. The van der Waals surface area contributed by atoms with Gasteiger partial charge in [-0.15, -0.1) is 0 Å². The molecule has 0 aromatic rings. The van der Waals surface area contributed by atoms with Crippen LogP contribution in [0.5, 0.6) is 0 Å². The van der Waals surface area contributed by atoms with E-state index in [-0.39, 0.29) is 12.2 Å². The molecule has 0 aromatic heterocycles. The Morgan fingerprint density at radius 1 is 0.478 bits per heavy atom. The van der Waals surface area contributed by atoms with Gasteiger partial charge in [0.2, 0.25) is 0 Å². The molecule has 2 atom stereocenters. The Morgan fingerprint density at radius 2 is 0.870 bits per heavy atom. The second kappa shape index (κ2) is 18.3. The molecule has 2 N–H and O–H groups in total. The summed E-state index contributed by atoms with van der Waals surface area (Å²) in [6.45, 7) is 4.35. The Bertz CT molecular complexity index is 218. The first-order valence-corrected chi connectivity index (χ1v) is 10.6. The summed E-state index contributed by atoms with van der Waals surface area (Å²) in [5.41, 5.74) is 0. The van der Waals surface area contributed by atoms with Crippen LogP contribution in [-0.4, -0.2) is 22.4 Å². The van der Waals surface area contributed by atoms with Crippen LogP contribution < -0.4 is 0 Å². The maximum absolute atomic E-state index is 9.86. The zero-order valence-electron chi connectivity index (χ0n) is 16.1. The number of rotatable bonds is 18. The zero-order chi connectivity index (χ0) is 17.2. The minimum absolute atomic E-state index is 0.302. The lowest BCUT2D eigenvalue weighted by Gasteiger charge is -2.14. The van der Waals surface area contributed by atoms with E-state index in [1.807, 2.05) is 0 Å². The van der Waals surface area contributed by atoms with Crippen LogP contribution in [0.15, 0.2) is 0 Å². The molecule has 0 aliphatic rings. The van der Waals surface area contributed by atoms with E-state index in [9.17, 15) is 10.2 Å². The molecule has 2 unspecified atom stereocenters. The third-order valence-electron chi connectivity index (χ3n) is 4.81. The van der Waals surface area contributed by atoms with Gasteiger partial charge in [0.05, 0.1) is 12.2 Å². The number of hydrogen-bond acceptors (Lipinski definition) is 2. The Balaban J connectivity index is 3.15. The topological polar surface area (TPSA) is 40.5 Å². The molecule has 0 heterocycles. The summed E-state index contributed by atoms with van der Waals surface area (Å²) in [6.07, 6.45) is 20.3. The summed E-state index contributed by atoms with van der Waals surface area (Å²) in [7, 11) is 0. The molecule has 140 valence electrons. The lowest BCUT2D eigenvalue weighted by atomic mass is 10.0. The first-order valence-electron chi connectivity index (χ1n) is 10.6. The van der Waals surface area contributed by atoms with Crippen LogP contribution in [0.1, 0.15) is 123 Å².